The zero-order valence-electron chi connectivity index (χ0n) is 10.1. The molecule has 1 aromatic carbocycles. The van der Waals surface area contributed by atoms with Crippen LogP contribution in [0.1, 0.15) is 18.9 Å². The van der Waals surface area contributed by atoms with Crippen LogP contribution in [0.25, 0.3) is 11.3 Å². The van der Waals surface area contributed by atoms with E-state index in [0.717, 1.165) is 36.3 Å². The molecule has 2 aromatic rings. The molecule has 0 unspecified atom stereocenters. The highest BCUT2D eigenvalue weighted by Crippen LogP contribution is 2.31. The second-order valence-electron chi connectivity index (χ2n) is 4.07. The lowest BCUT2D eigenvalue weighted by Crippen LogP contribution is -2.13. The molecule has 0 spiro atoms. The van der Waals surface area contributed by atoms with E-state index >= 15 is 0 Å². The number of aromatic nitrogens is 2. The van der Waals surface area contributed by atoms with Gasteiger partial charge in [-0.05, 0) is 31.2 Å². The maximum absolute atomic E-state index is 6.19. The quantitative estimate of drug-likeness (QED) is 0.818. The van der Waals surface area contributed by atoms with Gasteiger partial charge in [-0.2, -0.15) is 5.10 Å². The largest absolute Gasteiger partial charge is 0.313 e. The molecule has 5 heteroatoms. The molecule has 0 aliphatic carbocycles. The molecule has 18 heavy (non-hydrogen) atoms. The average Bonchev–Trinajstić information content (AvgIpc) is 2.81. The lowest BCUT2D eigenvalue weighted by Gasteiger charge is -2.07. The molecule has 96 valence electrons. The van der Waals surface area contributed by atoms with Crippen molar-refractivity contribution >= 4 is 23.2 Å². The van der Waals surface area contributed by atoms with Crippen molar-refractivity contribution in [2.75, 3.05) is 6.54 Å². The van der Waals surface area contributed by atoms with Gasteiger partial charge in [-0.15, -0.1) is 0 Å². The molecular weight excluding hydrogens is 269 g/mol. The highest BCUT2D eigenvalue weighted by atomic mass is 35.5. The molecule has 1 aromatic heterocycles. The second-order valence-corrected chi connectivity index (χ2v) is 4.91. The van der Waals surface area contributed by atoms with Crippen molar-refractivity contribution in [2.24, 2.45) is 0 Å². The first-order chi connectivity index (χ1) is 8.72. The summed E-state index contributed by atoms with van der Waals surface area (Å²) in [4.78, 5) is 0. The van der Waals surface area contributed by atoms with E-state index in [9.17, 15) is 0 Å². The van der Waals surface area contributed by atoms with Crippen molar-refractivity contribution in [3.8, 4) is 11.3 Å². The lowest BCUT2D eigenvalue weighted by atomic mass is 10.1. The molecule has 0 amide bonds. The molecule has 0 bridgehead atoms. The Kier molecular flexibility index (Phi) is 4.64. The van der Waals surface area contributed by atoms with Gasteiger partial charge in [-0.25, -0.2) is 0 Å². The van der Waals surface area contributed by atoms with Gasteiger partial charge in [0.15, 0.2) is 0 Å². The summed E-state index contributed by atoms with van der Waals surface area (Å²) in [6, 6.07) is 5.42. The minimum atomic E-state index is 0.663. The third-order valence-corrected chi connectivity index (χ3v) is 3.22. The molecule has 0 aliphatic rings. The van der Waals surface area contributed by atoms with E-state index in [1.165, 1.54) is 0 Å². The van der Waals surface area contributed by atoms with E-state index in [2.05, 4.69) is 22.4 Å². The molecule has 0 saturated heterocycles. The van der Waals surface area contributed by atoms with Crippen molar-refractivity contribution < 1.29 is 0 Å². The Balaban J connectivity index is 2.27. The van der Waals surface area contributed by atoms with Crippen molar-refractivity contribution in [3.05, 3.63) is 40.0 Å². The monoisotopic (exact) mass is 283 g/mol. The zero-order chi connectivity index (χ0) is 13.0. The fourth-order valence-electron chi connectivity index (χ4n) is 1.77. The number of H-pyrrole nitrogens is 1. The first-order valence-corrected chi connectivity index (χ1v) is 6.66. The number of halogens is 2. The summed E-state index contributed by atoms with van der Waals surface area (Å²) >= 11 is 12.2. The summed E-state index contributed by atoms with van der Waals surface area (Å²) in [5.41, 5.74) is 2.90. The van der Waals surface area contributed by atoms with Crippen LogP contribution in [0.3, 0.4) is 0 Å². The van der Waals surface area contributed by atoms with E-state index < -0.39 is 0 Å². The van der Waals surface area contributed by atoms with Gasteiger partial charge in [0, 0.05) is 22.7 Å². The topological polar surface area (TPSA) is 40.7 Å². The Hall–Kier alpha value is -1.03. The summed E-state index contributed by atoms with van der Waals surface area (Å²) < 4.78 is 0. The Bertz CT molecular complexity index is 523. The highest BCUT2D eigenvalue weighted by molar-refractivity contribution is 6.35. The summed E-state index contributed by atoms with van der Waals surface area (Å²) in [6.45, 7) is 3.88. The molecule has 1 heterocycles. The van der Waals surface area contributed by atoms with Gasteiger partial charge >= 0.3 is 0 Å². The van der Waals surface area contributed by atoms with E-state index in [1.54, 1.807) is 12.1 Å². The smallest absolute Gasteiger partial charge is 0.0710 e. The number of aromatic amines is 1. The molecule has 3 nitrogen and oxygen atoms in total. The average molecular weight is 284 g/mol. The molecule has 0 atom stereocenters. The fraction of sp³-hybridized carbons (Fsp3) is 0.308. The normalized spacial score (nSPS) is 10.8. The van der Waals surface area contributed by atoms with Crippen LogP contribution in [-0.2, 0) is 6.54 Å². The summed E-state index contributed by atoms with van der Waals surface area (Å²) in [7, 11) is 0. The van der Waals surface area contributed by atoms with Crippen LogP contribution in [0.15, 0.2) is 24.4 Å². The van der Waals surface area contributed by atoms with Crippen molar-refractivity contribution in [1.82, 2.24) is 15.5 Å². The number of hydrogen-bond acceptors (Lipinski definition) is 2. The first kappa shape index (κ1) is 13.4. The zero-order valence-corrected chi connectivity index (χ0v) is 11.6. The van der Waals surface area contributed by atoms with E-state index in [4.69, 9.17) is 23.2 Å². The van der Waals surface area contributed by atoms with Gasteiger partial charge in [-0.1, -0.05) is 30.1 Å². The van der Waals surface area contributed by atoms with Gasteiger partial charge in [0.05, 0.1) is 16.9 Å². The fourth-order valence-corrected chi connectivity index (χ4v) is 2.15. The predicted octanol–water partition coefficient (Wildman–Crippen LogP) is 3.88. The van der Waals surface area contributed by atoms with Gasteiger partial charge in [0.25, 0.3) is 0 Å². The highest BCUT2D eigenvalue weighted by Gasteiger charge is 2.11. The van der Waals surface area contributed by atoms with E-state index in [1.807, 2.05) is 12.3 Å². The number of nitrogens with zero attached hydrogens (tertiary/aromatic N) is 1. The van der Waals surface area contributed by atoms with E-state index in [0.29, 0.717) is 10.0 Å². The van der Waals surface area contributed by atoms with Crippen LogP contribution in [0.4, 0.5) is 0 Å². The minimum absolute atomic E-state index is 0.663. The van der Waals surface area contributed by atoms with E-state index in [-0.39, 0.29) is 0 Å². The van der Waals surface area contributed by atoms with Crippen LogP contribution < -0.4 is 5.32 Å². The number of hydrogen-bond donors (Lipinski definition) is 2. The van der Waals surface area contributed by atoms with Crippen LogP contribution in [-0.4, -0.2) is 16.7 Å². The van der Waals surface area contributed by atoms with Gasteiger partial charge in [0.2, 0.25) is 0 Å². The Morgan fingerprint density at radius 1 is 1.33 bits per heavy atom. The summed E-state index contributed by atoms with van der Waals surface area (Å²) in [6.07, 6.45) is 2.92. The summed E-state index contributed by atoms with van der Waals surface area (Å²) in [5, 5.41) is 11.7. The van der Waals surface area contributed by atoms with Crippen molar-refractivity contribution in [3.63, 3.8) is 0 Å². The predicted molar refractivity (Wildman–Crippen MR) is 76.0 cm³/mol. The molecule has 0 fully saturated rings. The minimum Gasteiger partial charge on any atom is -0.313 e. The Morgan fingerprint density at radius 2 is 2.17 bits per heavy atom. The SMILES string of the molecule is CCCNCc1cn[nH]c1-c1cc(Cl)ccc1Cl. The molecule has 2 rings (SSSR count). The number of benzene rings is 1. The maximum Gasteiger partial charge on any atom is 0.0710 e. The molecule has 0 saturated carbocycles. The Labute approximate surface area is 117 Å². The van der Waals surface area contributed by atoms with Crippen LogP contribution in [0.5, 0.6) is 0 Å². The van der Waals surface area contributed by atoms with Crippen molar-refractivity contribution in [2.45, 2.75) is 19.9 Å². The van der Waals surface area contributed by atoms with Crippen LogP contribution in [0.2, 0.25) is 10.0 Å². The molecular formula is C13H15Cl2N3. The maximum atomic E-state index is 6.19. The first-order valence-electron chi connectivity index (χ1n) is 5.90. The second kappa shape index (κ2) is 6.23. The third kappa shape index (κ3) is 3.05. The van der Waals surface area contributed by atoms with Crippen molar-refractivity contribution in [1.29, 1.82) is 0 Å². The number of nitrogens with one attached hydrogen (secondary N) is 2. The third-order valence-electron chi connectivity index (χ3n) is 2.66. The van der Waals surface area contributed by atoms with Gasteiger partial charge in [-0.3, -0.25) is 5.10 Å². The van der Waals surface area contributed by atoms with Gasteiger partial charge < -0.3 is 5.32 Å². The molecule has 0 aliphatic heterocycles. The molecule has 0 radical (unpaired) electrons. The molecule has 2 N–H and O–H groups in total. The van der Waals surface area contributed by atoms with Gasteiger partial charge in [0.1, 0.15) is 0 Å². The Morgan fingerprint density at radius 3 is 2.94 bits per heavy atom. The summed E-state index contributed by atoms with van der Waals surface area (Å²) in [5.74, 6) is 0. The van der Waals surface area contributed by atoms with Crippen LogP contribution in [0, 0.1) is 0 Å². The lowest BCUT2D eigenvalue weighted by molar-refractivity contribution is 0.676. The standard InChI is InChI=1S/C13H15Cl2N3/c1-2-5-16-7-9-8-17-18-13(9)11-6-10(14)3-4-12(11)15/h3-4,6,8,16H,2,5,7H2,1H3,(H,17,18). The van der Waals surface area contributed by atoms with Crippen LogP contribution >= 0.6 is 23.2 Å². The number of rotatable bonds is 5.